The van der Waals surface area contributed by atoms with Gasteiger partial charge in [-0.1, -0.05) is 6.07 Å². The average molecular weight is 156 g/mol. The molecule has 0 radical (unpaired) electrons. The molecule has 0 amide bonds. The molecule has 12 heavy (non-hydrogen) atoms. The molecule has 0 bridgehead atoms. The molecule has 1 aliphatic heterocycles. The molecule has 0 atom stereocenters. The maximum Gasteiger partial charge on any atom is 0.0991 e. The van der Waals surface area contributed by atoms with Crippen LogP contribution < -0.4 is 5.32 Å². The van der Waals surface area contributed by atoms with Crippen molar-refractivity contribution in [2.45, 2.75) is 6.54 Å². The van der Waals surface area contributed by atoms with Crippen LogP contribution in [0.25, 0.3) is 6.08 Å². The van der Waals surface area contributed by atoms with Crippen molar-refractivity contribution in [2.75, 3.05) is 0 Å². The first kappa shape index (κ1) is 6.93. The molecule has 0 aliphatic carbocycles. The largest absolute Gasteiger partial charge is 0.387 e. The van der Waals surface area contributed by atoms with Crippen molar-refractivity contribution in [3.05, 3.63) is 41.1 Å². The Labute approximate surface area is 71.1 Å². The van der Waals surface area contributed by atoms with Gasteiger partial charge in [0, 0.05) is 6.54 Å². The van der Waals surface area contributed by atoms with Crippen LogP contribution in [0.5, 0.6) is 0 Å². The Balaban J connectivity index is 2.53. The summed E-state index contributed by atoms with van der Waals surface area (Å²) in [6.07, 6.45) is 3.89. The molecule has 0 fully saturated rings. The van der Waals surface area contributed by atoms with Gasteiger partial charge in [0.1, 0.15) is 0 Å². The zero-order valence-electron chi connectivity index (χ0n) is 6.54. The summed E-state index contributed by atoms with van der Waals surface area (Å²) in [5.41, 5.74) is 3.12. The molecule has 0 spiro atoms. The Morgan fingerprint density at radius 3 is 3.17 bits per heavy atom. The minimum Gasteiger partial charge on any atom is -0.387 e. The number of hydrogen-bond donors (Lipinski definition) is 1. The van der Waals surface area contributed by atoms with Crippen LogP contribution in [0.15, 0.2) is 24.4 Å². The van der Waals surface area contributed by atoms with Gasteiger partial charge in [-0.05, 0) is 35.5 Å². The van der Waals surface area contributed by atoms with E-state index >= 15 is 0 Å². The lowest BCUT2D eigenvalue weighted by molar-refractivity contribution is 0.858. The zero-order valence-corrected chi connectivity index (χ0v) is 6.54. The lowest BCUT2D eigenvalue weighted by Gasteiger charge is -2.11. The molecule has 0 unspecified atom stereocenters. The van der Waals surface area contributed by atoms with Gasteiger partial charge in [0.25, 0.3) is 0 Å². The number of rotatable bonds is 0. The van der Waals surface area contributed by atoms with Crippen molar-refractivity contribution >= 4 is 6.08 Å². The van der Waals surface area contributed by atoms with Crippen molar-refractivity contribution < 1.29 is 0 Å². The fourth-order valence-electron chi connectivity index (χ4n) is 1.30. The van der Waals surface area contributed by atoms with Crippen LogP contribution in [-0.2, 0) is 6.54 Å². The molecule has 1 aromatic rings. The quantitative estimate of drug-likeness (QED) is 0.619. The minimum absolute atomic E-state index is 0.723. The molecule has 0 saturated heterocycles. The SMILES string of the molecule is N#Cc1ccc2c(c1)C=CNC2. The summed E-state index contributed by atoms with van der Waals surface area (Å²) in [5, 5.41) is 11.8. The third-order valence-corrected chi connectivity index (χ3v) is 1.95. The van der Waals surface area contributed by atoms with E-state index < -0.39 is 0 Å². The Bertz CT molecular complexity index is 372. The van der Waals surface area contributed by atoms with E-state index in [1.54, 1.807) is 0 Å². The highest BCUT2D eigenvalue weighted by Crippen LogP contribution is 2.15. The third kappa shape index (κ3) is 1.06. The fourth-order valence-corrected chi connectivity index (χ4v) is 1.30. The topological polar surface area (TPSA) is 35.8 Å². The highest BCUT2D eigenvalue weighted by molar-refractivity contribution is 5.58. The Morgan fingerprint density at radius 2 is 2.33 bits per heavy atom. The predicted octanol–water partition coefficient (Wildman–Crippen LogP) is 1.63. The maximum absolute atomic E-state index is 8.65. The Morgan fingerprint density at radius 1 is 1.42 bits per heavy atom. The summed E-state index contributed by atoms with van der Waals surface area (Å²) in [6, 6.07) is 7.87. The van der Waals surface area contributed by atoms with E-state index in [-0.39, 0.29) is 0 Å². The third-order valence-electron chi connectivity index (χ3n) is 1.95. The number of nitrogens with zero attached hydrogens (tertiary/aromatic N) is 1. The zero-order chi connectivity index (χ0) is 8.39. The lowest BCUT2D eigenvalue weighted by atomic mass is 10.0. The first-order valence-electron chi connectivity index (χ1n) is 3.83. The van der Waals surface area contributed by atoms with E-state index in [9.17, 15) is 0 Å². The highest BCUT2D eigenvalue weighted by Gasteiger charge is 2.03. The van der Waals surface area contributed by atoms with Crippen molar-refractivity contribution in [1.29, 1.82) is 5.26 Å². The van der Waals surface area contributed by atoms with E-state index in [0.29, 0.717) is 0 Å². The molecular formula is C10H8N2. The molecule has 0 aromatic heterocycles. The highest BCUT2D eigenvalue weighted by atomic mass is 14.8. The van der Waals surface area contributed by atoms with Gasteiger partial charge in [-0.15, -0.1) is 0 Å². The summed E-state index contributed by atoms with van der Waals surface area (Å²) in [7, 11) is 0. The van der Waals surface area contributed by atoms with Gasteiger partial charge in [-0.2, -0.15) is 5.26 Å². The standard InChI is InChI=1S/C10H8N2/c11-6-8-1-2-10-7-12-4-3-9(10)5-8/h1-5,12H,7H2. The second kappa shape index (κ2) is 2.71. The van der Waals surface area contributed by atoms with E-state index in [2.05, 4.69) is 11.4 Å². The summed E-state index contributed by atoms with van der Waals surface area (Å²) in [4.78, 5) is 0. The van der Waals surface area contributed by atoms with Crippen LogP contribution in [0.4, 0.5) is 0 Å². The summed E-state index contributed by atoms with van der Waals surface area (Å²) in [6.45, 7) is 0.859. The van der Waals surface area contributed by atoms with Gasteiger partial charge in [0.2, 0.25) is 0 Å². The normalized spacial score (nSPS) is 12.9. The number of benzene rings is 1. The molecule has 58 valence electrons. The predicted molar refractivity (Wildman–Crippen MR) is 47.0 cm³/mol. The summed E-state index contributed by atoms with van der Waals surface area (Å²) in [5.74, 6) is 0. The summed E-state index contributed by atoms with van der Waals surface area (Å²) < 4.78 is 0. The first-order chi connectivity index (χ1) is 5.90. The first-order valence-corrected chi connectivity index (χ1v) is 3.83. The molecule has 2 rings (SSSR count). The maximum atomic E-state index is 8.65. The number of nitriles is 1. The fraction of sp³-hybridized carbons (Fsp3) is 0.100. The molecule has 1 heterocycles. The molecular weight excluding hydrogens is 148 g/mol. The molecule has 1 N–H and O–H groups in total. The molecule has 1 aromatic carbocycles. The van der Waals surface area contributed by atoms with Gasteiger partial charge in [-0.3, -0.25) is 0 Å². The Hall–Kier alpha value is -1.75. The molecule has 0 saturated carbocycles. The molecule has 2 heteroatoms. The van der Waals surface area contributed by atoms with Gasteiger partial charge in [-0.25, -0.2) is 0 Å². The van der Waals surface area contributed by atoms with Crippen molar-refractivity contribution in [2.24, 2.45) is 0 Å². The second-order valence-electron chi connectivity index (χ2n) is 2.74. The van der Waals surface area contributed by atoms with Crippen LogP contribution >= 0.6 is 0 Å². The van der Waals surface area contributed by atoms with Crippen LogP contribution in [-0.4, -0.2) is 0 Å². The van der Waals surface area contributed by atoms with Crippen LogP contribution in [0.1, 0.15) is 16.7 Å². The lowest BCUT2D eigenvalue weighted by Crippen LogP contribution is -2.09. The van der Waals surface area contributed by atoms with Crippen molar-refractivity contribution in [3.8, 4) is 6.07 Å². The molecule has 2 nitrogen and oxygen atoms in total. The summed E-state index contributed by atoms with van der Waals surface area (Å²) >= 11 is 0. The Kier molecular flexibility index (Phi) is 1.56. The van der Waals surface area contributed by atoms with Crippen LogP contribution in [0.3, 0.4) is 0 Å². The average Bonchev–Trinajstić information content (AvgIpc) is 2.17. The molecule has 1 aliphatic rings. The second-order valence-corrected chi connectivity index (χ2v) is 2.74. The van der Waals surface area contributed by atoms with Gasteiger partial charge in [0.15, 0.2) is 0 Å². The minimum atomic E-state index is 0.723. The number of nitrogens with one attached hydrogen (secondary N) is 1. The number of hydrogen-bond acceptors (Lipinski definition) is 2. The van der Waals surface area contributed by atoms with Gasteiger partial charge < -0.3 is 5.32 Å². The van der Waals surface area contributed by atoms with E-state index in [0.717, 1.165) is 17.7 Å². The van der Waals surface area contributed by atoms with Gasteiger partial charge in [0.05, 0.1) is 11.6 Å². The smallest absolute Gasteiger partial charge is 0.0991 e. The van der Waals surface area contributed by atoms with E-state index in [4.69, 9.17) is 5.26 Å². The van der Waals surface area contributed by atoms with Crippen molar-refractivity contribution in [1.82, 2.24) is 5.32 Å². The van der Waals surface area contributed by atoms with Crippen molar-refractivity contribution in [3.63, 3.8) is 0 Å². The van der Waals surface area contributed by atoms with Crippen LogP contribution in [0, 0.1) is 11.3 Å². The number of fused-ring (bicyclic) bond motifs is 1. The van der Waals surface area contributed by atoms with Crippen LogP contribution in [0.2, 0.25) is 0 Å². The van der Waals surface area contributed by atoms with E-state index in [1.807, 2.05) is 30.5 Å². The monoisotopic (exact) mass is 156 g/mol. The van der Waals surface area contributed by atoms with Gasteiger partial charge >= 0.3 is 0 Å². The van der Waals surface area contributed by atoms with E-state index in [1.165, 1.54) is 5.56 Å².